The Morgan fingerprint density at radius 3 is 2.58 bits per heavy atom. The zero-order valence-electron chi connectivity index (χ0n) is 14.4. The van der Waals surface area contributed by atoms with Gasteiger partial charge in [-0.1, -0.05) is 6.07 Å². The number of aryl methyl sites for hydroxylation is 1. The highest BCUT2D eigenvalue weighted by Gasteiger charge is 2.14. The Kier molecular flexibility index (Phi) is 4.79. The number of hydrogen-bond donors (Lipinski definition) is 1. The zero-order chi connectivity index (χ0) is 18.7. The highest BCUT2D eigenvalue weighted by molar-refractivity contribution is 6.04. The number of amides is 1. The second-order valence-corrected chi connectivity index (χ2v) is 5.66. The van der Waals surface area contributed by atoms with E-state index in [0.29, 0.717) is 16.9 Å². The van der Waals surface area contributed by atoms with Crippen LogP contribution in [0.2, 0.25) is 0 Å². The van der Waals surface area contributed by atoms with Crippen LogP contribution in [-0.2, 0) is 4.74 Å². The predicted molar refractivity (Wildman–Crippen MR) is 96.6 cm³/mol. The summed E-state index contributed by atoms with van der Waals surface area (Å²) in [5.41, 5.74) is 1.68. The molecule has 0 unspecified atom stereocenters. The van der Waals surface area contributed by atoms with Crippen molar-refractivity contribution < 1.29 is 14.3 Å². The summed E-state index contributed by atoms with van der Waals surface area (Å²) in [4.78, 5) is 40.7. The van der Waals surface area contributed by atoms with E-state index in [0.717, 1.165) is 5.56 Å². The number of benzene rings is 1. The Morgan fingerprint density at radius 1 is 1.15 bits per heavy atom. The van der Waals surface area contributed by atoms with Crippen molar-refractivity contribution in [1.29, 1.82) is 0 Å². The molecule has 3 rings (SSSR count). The third-order valence-electron chi connectivity index (χ3n) is 3.75. The van der Waals surface area contributed by atoms with Gasteiger partial charge in [0.15, 0.2) is 0 Å². The lowest BCUT2D eigenvalue weighted by Crippen LogP contribution is -2.26. The van der Waals surface area contributed by atoms with E-state index in [4.69, 9.17) is 4.74 Å². The van der Waals surface area contributed by atoms with Crippen LogP contribution >= 0.6 is 0 Å². The molecule has 0 aliphatic rings. The van der Waals surface area contributed by atoms with Crippen LogP contribution < -0.4 is 10.9 Å². The number of nitrogens with zero attached hydrogens (tertiary/aromatic N) is 2. The van der Waals surface area contributed by atoms with Crippen molar-refractivity contribution in [3.05, 3.63) is 75.8 Å². The number of ether oxygens (including phenoxy) is 1. The van der Waals surface area contributed by atoms with Gasteiger partial charge < -0.3 is 10.1 Å². The topological polar surface area (TPSA) is 89.8 Å². The first-order valence-electron chi connectivity index (χ1n) is 8.06. The van der Waals surface area contributed by atoms with E-state index < -0.39 is 17.4 Å². The summed E-state index contributed by atoms with van der Waals surface area (Å²) >= 11 is 0. The van der Waals surface area contributed by atoms with Gasteiger partial charge in [-0.15, -0.1) is 0 Å². The van der Waals surface area contributed by atoms with Crippen molar-refractivity contribution in [2.45, 2.75) is 13.8 Å². The molecule has 0 spiro atoms. The Balaban J connectivity index is 1.84. The van der Waals surface area contributed by atoms with Crippen LogP contribution in [0.3, 0.4) is 0 Å². The number of hydrogen-bond acceptors (Lipinski definition) is 5. The van der Waals surface area contributed by atoms with Gasteiger partial charge in [-0.3, -0.25) is 14.0 Å². The number of esters is 1. The quantitative estimate of drug-likeness (QED) is 0.729. The number of aromatic nitrogens is 2. The van der Waals surface area contributed by atoms with Crippen molar-refractivity contribution in [3.8, 4) is 0 Å². The number of carbonyl (C=O) groups excluding carboxylic acids is 2. The molecule has 2 heterocycles. The standard InChI is InChI=1S/C19H17N3O4/c1-3-26-19(25)13-5-7-14(8-6-13)21-17(23)15-10-20-16-9-4-12(2)11-22(16)18(15)24/h4-11H,3H2,1-2H3,(H,21,23). The number of carbonyl (C=O) groups is 2. The Morgan fingerprint density at radius 2 is 1.88 bits per heavy atom. The molecule has 26 heavy (non-hydrogen) atoms. The van der Waals surface area contributed by atoms with E-state index in [-0.39, 0.29) is 12.2 Å². The maximum atomic E-state index is 12.5. The number of nitrogens with one attached hydrogen (secondary N) is 1. The van der Waals surface area contributed by atoms with E-state index in [9.17, 15) is 14.4 Å². The third-order valence-corrected chi connectivity index (χ3v) is 3.75. The van der Waals surface area contributed by atoms with Crippen LogP contribution in [0, 0.1) is 6.92 Å². The van der Waals surface area contributed by atoms with E-state index >= 15 is 0 Å². The molecule has 0 aliphatic carbocycles. The zero-order valence-corrected chi connectivity index (χ0v) is 14.4. The maximum Gasteiger partial charge on any atom is 0.338 e. The fourth-order valence-corrected chi connectivity index (χ4v) is 2.44. The molecule has 0 aliphatic heterocycles. The minimum atomic E-state index is -0.567. The van der Waals surface area contributed by atoms with Crippen molar-refractivity contribution in [3.63, 3.8) is 0 Å². The molecule has 0 fully saturated rings. The summed E-state index contributed by atoms with van der Waals surface area (Å²) in [5.74, 6) is -1.000. The Hall–Kier alpha value is -3.48. The number of fused-ring (bicyclic) bond motifs is 1. The molecule has 7 nitrogen and oxygen atoms in total. The van der Waals surface area contributed by atoms with Crippen molar-refractivity contribution in [1.82, 2.24) is 9.38 Å². The molecular formula is C19H17N3O4. The molecule has 3 aromatic rings. The van der Waals surface area contributed by atoms with Crippen LogP contribution in [0.4, 0.5) is 5.69 Å². The van der Waals surface area contributed by atoms with Gasteiger partial charge in [0.1, 0.15) is 11.2 Å². The second-order valence-electron chi connectivity index (χ2n) is 5.66. The first kappa shape index (κ1) is 17.3. The van der Waals surface area contributed by atoms with Crippen molar-refractivity contribution in [2.75, 3.05) is 11.9 Å². The van der Waals surface area contributed by atoms with Gasteiger partial charge in [0.2, 0.25) is 0 Å². The lowest BCUT2D eigenvalue weighted by molar-refractivity contribution is 0.0526. The van der Waals surface area contributed by atoms with Gasteiger partial charge in [0.05, 0.1) is 12.2 Å². The second kappa shape index (κ2) is 7.18. The molecule has 1 amide bonds. The SMILES string of the molecule is CCOC(=O)c1ccc(NC(=O)c2cnc3ccc(C)cn3c2=O)cc1. The molecule has 0 atom stereocenters. The largest absolute Gasteiger partial charge is 0.462 e. The fourth-order valence-electron chi connectivity index (χ4n) is 2.44. The molecular weight excluding hydrogens is 334 g/mol. The summed E-state index contributed by atoms with van der Waals surface area (Å²) < 4.78 is 6.25. The van der Waals surface area contributed by atoms with Crippen LogP contribution in [0.15, 0.2) is 53.6 Å². The van der Waals surface area contributed by atoms with E-state index in [1.165, 1.54) is 10.6 Å². The van der Waals surface area contributed by atoms with Gasteiger partial charge in [-0.25, -0.2) is 9.78 Å². The van der Waals surface area contributed by atoms with Crippen molar-refractivity contribution >= 4 is 23.2 Å². The summed E-state index contributed by atoms with van der Waals surface area (Å²) in [6.07, 6.45) is 2.89. The van der Waals surface area contributed by atoms with Gasteiger partial charge >= 0.3 is 5.97 Å². The number of rotatable bonds is 4. The van der Waals surface area contributed by atoms with Crippen LogP contribution in [-0.4, -0.2) is 27.9 Å². The average molecular weight is 351 g/mol. The minimum absolute atomic E-state index is 0.0671. The first-order chi connectivity index (χ1) is 12.5. The lowest BCUT2D eigenvalue weighted by atomic mass is 10.2. The lowest BCUT2D eigenvalue weighted by Gasteiger charge is -2.07. The third kappa shape index (κ3) is 3.46. The van der Waals surface area contributed by atoms with E-state index in [2.05, 4.69) is 10.3 Å². The molecule has 0 bridgehead atoms. The maximum absolute atomic E-state index is 12.5. The van der Waals surface area contributed by atoms with Gasteiger partial charge in [-0.05, 0) is 49.7 Å². The average Bonchev–Trinajstić information content (AvgIpc) is 2.63. The molecule has 0 radical (unpaired) electrons. The highest BCUT2D eigenvalue weighted by Crippen LogP contribution is 2.12. The van der Waals surface area contributed by atoms with E-state index in [1.54, 1.807) is 43.5 Å². The fraction of sp³-hybridized carbons (Fsp3) is 0.158. The number of pyridine rings is 1. The molecule has 1 N–H and O–H groups in total. The predicted octanol–water partition coefficient (Wildman–Crippen LogP) is 2.43. The van der Waals surface area contributed by atoms with Crippen LogP contribution in [0.5, 0.6) is 0 Å². The Labute approximate surface area is 149 Å². The van der Waals surface area contributed by atoms with Crippen LogP contribution in [0.1, 0.15) is 33.2 Å². The highest BCUT2D eigenvalue weighted by atomic mass is 16.5. The summed E-state index contributed by atoms with van der Waals surface area (Å²) in [5, 5.41) is 2.63. The molecule has 2 aromatic heterocycles. The van der Waals surface area contributed by atoms with Crippen LogP contribution in [0.25, 0.3) is 5.65 Å². The minimum Gasteiger partial charge on any atom is -0.462 e. The summed E-state index contributed by atoms with van der Waals surface area (Å²) in [6.45, 7) is 3.86. The normalized spacial score (nSPS) is 10.5. The molecule has 132 valence electrons. The van der Waals surface area contributed by atoms with Gasteiger partial charge in [0, 0.05) is 18.1 Å². The van der Waals surface area contributed by atoms with Crippen molar-refractivity contribution in [2.24, 2.45) is 0 Å². The van der Waals surface area contributed by atoms with E-state index in [1.807, 2.05) is 13.0 Å². The monoisotopic (exact) mass is 351 g/mol. The van der Waals surface area contributed by atoms with Gasteiger partial charge in [-0.2, -0.15) is 0 Å². The molecule has 0 saturated carbocycles. The molecule has 7 heteroatoms. The molecule has 1 aromatic carbocycles. The Bertz CT molecular complexity index is 1040. The van der Waals surface area contributed by atoms with Gasteiger partial charge in [0.25, 0.3) is 11.5 Å². The smallest absolute Gasteiger partial charge is 0.338 e. The molecule has 0 saturated heterocycles. The number of anilines is 1. The summed E-state index contributed by atoms with van der Waals surface area (Å²) in [6, 6.07) is 9.78. The summed E-state index contributed by atoms with van der Waals surface area (Å²) in [7, 11) is 0. The first-order valence-corrected chi connectivity index (χ1v) is 8.06.